The molecule has 2 rings (SSSR count). The molecule has 108 valence electrons. The highest BCUT2D eigenvalue weighted by molar-refractivity contribution is 5.36. The largest absolute Gasteiger partial charge is 0.494 e. The zero-order valence-electron chi connectivity index (χ0n) is 12.0. The Morgan fingerprint density at radius 1 is 1.40 bits per heavy atom. The molecular formula is C16H22N2O2. The summed E-state index contributed by atoms with van der Waals surface area (Å²) in [5, 5.41) is 18.7. The van der Waals surface area contributed by atoms with Crippen molar-refractivity contribution in [1.82, 2.24) is 4.90 Å². The molecule has 0 aliphatic carbocycles. The molecule has 0 spiro atoms. The van der Waals surface area contributed by atoms with Gasteiger partial charge in [-0.05, 0) is 44.4 Å². The first-order chi connectivity index (χ1) is 9.59. The maximum atomic E-state index is 9.88. The Bertz CT molecular complexity index is 470. The monoisotopic (exact) mass is 274 g/mol. The Morgan fingerprint density at radius 2 is 2.15 bits per heavy atom. The number of benzene rings is 1. The van der Waals surface area contributed by atoms with Crippen LogP contribution in [0.15, 0.2) is 24.3 Å². The normalized spacial score (nSPS) is 18.4. The SMILES string of the molecule is CC1(O)CCN(CCCOc2cccc(C#N)c2)CC1. The molecule has 0 atom stereocenters. The van der Waals surface area contributed by atoms with Gasteiger partial charge in [-0.25, -0.2) is 0 Å². The number of hydrogen-bond acceptors (Lipinski definition) is 4. The topological polar surface area (TPSA) is 56.5 Å². The molecule has 0 saturated carbocycles. The molecule has 4 heteroatoms. The average molecular weight is 274 g/mol. The lowest BCUT2D eigenvalue weighted by Gasteiger charge is -2.35. The van der Waals surface area contributed by atoms with E-state index in [1.807, 2.05) is 19.1 Å². The van der Waals surface area contributed by atoms with E-state index in [-0.39, 0.29) is 0 Å². The summed E-state index contributed by atoms with van der Waals surface area (Å²) in [7, 11) is 0. The Hall–Kier alpha value is -1.57. The van der Waals surface area contributed by atoms with E-state index in [1.165, 1.54) is 0 Å². The van der Waals surface area contributed by atoms with Gasteiger partial charge in [0, 0.05) is 19.6 Å². The number of nitriles is 1. The zero-order chi connectivity index (χ0) is 14.4. The summed E-state index contributed by atoms with van der Waals surface area (Å²) in [5.74, 6) is 0.755. The minimum absolute atomic E-state index is 0.481. The molecule has 0 bridgehead atoms. The number of ether oxygens (including phenoxy) is 1. The van der Waals surface area contributed by atoms with Gasteiger partial charge in [0.25, 0.3) is 0 Å². The maximum Gasteiger partial charge on any atom is 0.120 e. The van der Waals surface area contributed by atoms with E-state index in [4.69, 9.17) is 10.00 Å². The number of piperidine rings is 1. The highest BCUT2D eigenvalue weighted by Crippen LogP contribution is 2.21. The number of likely N-dealkylation sites (tertiary alicyclic amines) is 1. The maximum absolute atomic E-state index is 9.88. The smallest absolute Gasteiger partial charge is 0.120 e. The van der Waals surface area contributed by atoms with Crippen LogP contribution in [-0.4, -0.2) is 41.8 Å². The molecule has 1 heterocycles. The molecular weight excluding hydrogens is 252 g/mol. The molecule has 0 radical (unpaired) electrons. The molecule has 1 N–H and O–H groups in total. The average Bonchev–Trinajstić information content (AvgIpc) is 2.45. The summed E-state index contributed by atoms with van der Waals surface area (Å²) in [5.41, 5.74) is 0.144. The van der Waals surface area contributed by atoms with Crippen molar-refractivity contribution in [3.63, 3.8) is 0 Å². The van der Waals surface area contributed by atoms with E-state index in [0.717, 1.165) is 44.6 Å². The summed E-state index contributed by atoms with van der Waals surface area (Å²) in [6, 6.07) is 9.35. The lowest BCUT2D eigenvalue weighted by Crippen LogP contribution is -2.42. The van der Waals surface area contributed by atoms with Gasteiger partial charge in [0.05, 0.1) is 23.8 Å². The van der Waals surface area contributed by atoms with Crippen LogP contribution in [0.1, 0.15) is 31.7 Å². The van der Waals surface area contributed by atoms with Gasteiger partial charge >= 0.3 is 0 Å². The van der Waals surface area contributed by atoms with Gasteiger partial charge in [-0.1, -0.05) is 6.07 Å². The minimum atomic E-state index is -0.481. The Kier molecular flexibility index (Phi) is 4.99. The predicted octanol–water partition coefficient (Wildman–Crippen LogP) is 2.17. The highest BCUT2D eigenvalue weighted by Gasteiger charge is 2.26. The van der Waals surface area contributed by atoms with Gasteiger partial charge < -0.3 is 14.7 Å². The van der Waals surface area contributed by atoms with E-state index >= 15 is 0 Å². The second-order valence-electron chi connectivity index (χ2n) is 5.68. The van der Waals surface area contributed by atoms with E-state index < -0.39 is 5.60 Å². The van der Waals surface area contributed by atoms with E-state index in [2.05, 4.69) is 11.0 Å². The molecule has 1 aromatic rings. The minimum Gasteiger partial charge on any atom is -0.494 e. The van der Waals surface area contributed by atoms with Crippen molar-refractivity contribution in [3.8, 4) is 11.8 Å². The number of aliphatic hydroxyl groups is 1. The Balaban J connectivity index is 1.66. The molecule has 1 saturated heterocycles. The summed E-state index contributed by atoms with van der Waals surface area (Å²) in [6.07, 6.45) is 2.65. The molecule has 20 heavy (non-hydrogen) atoms. The van der Waals surface area contributed by atoms with E-state index in [1.54, 1.807) is 12.1 Å². The number of rotatable bonds is 5. The number of hydrogen-bond donors (Lipinski definition) is 1. The first-order valence-corrected chi connectivity index (χ1v) is 7.17. The van der Waals surface area contributed by atoms with Crippen molar-refractivity contribution in [2.24, 2.45) is 0 Å². The van der Waals surface area contributed by atoms with E-state index in [9.17, 15) is 5.11 Å². The quantitative estimate of drug-likeness (QED) is 0.836. The molecule has 0 aromatic heterocycles. The van der Waals surface area contributed by atoms with Gasteiger partial charge in [0.15, 0.2) is 0 Å². The number of nitrogens with zero attached hydrogens (tertiary/aromatic N) is 2. The second-order valence-corrected chi connectivity index (χ2v) is 5.68. The lowest BCUT2D eigenvalue weighted by molar-refractivity contribution is -0.00603. The fourth-order valence-corrected chi connectivity index (χ4v) is 2.39. The molecule has 1 aliphatic rings. The third-order valence-electron chi connectivity index (χ3n) is 3.78. The predicted molar refractivity (Wildman–Crippen MR) is 77.6 cm³/mol. The first-order valence-electron chi connectivity index (χ1n) is 7.17. The van der Waals surface area contributed by atoms with Crippen LogP contribution >= 0.6 is 0 Å². The summed E-state index contributed by atoms with van der Waals surface area (Å²) in [6.45, 7) is 5.47. The van der Waals surface area contributed by atoms with Gasteiger partial charge in [-0.3, -0.25) is 0 Å². The van der Waals surface area contributed by atoms with Crippen molar-refractivity contribution in [2.45, 2.75) is 31.8 Å². The van der Waals surface area contributed by atoms with Gasteiger partial charge in [0.2, 0.25) is 0 Å². The summed E-state index contributed by atoms with van der Waals surface area (Å²) in [4.78, 5) is 2.37. The van der Waals surface area contributed by atoms with Crippen LogP contribution in [0.5, 0.6) is 5.75 Å². The molecule has 0 amide bonds. The molecule has 1 aliphatic heterocycles. The van der Waals surface area contributed by atoms with Crippen LogP contribution in [0.4, 0.5) is 0 Å². The zero-order valence-corrected chi connectivity index (χ0v) is 12.0. The standard InChI is InChI=1S/C16H22N2O2/c1-16(19)6-9-18(10-7-16)8-3-11-20-15-5-2-4-14(12-15)13-17/h2,4-5,12,19H,3,6-11H2,1H3. The van der Waals surface area contributed by atoms with Gasteiger partial charge in [-0.2, -0.15) is 5.26 Å². The van der Waals surface area contributed by atoms with Crippen molar-refractivity contribution in [3.05, 3.63) is 29.8 Å². The lowest BCUT2D eigenvalue weighted by atomic mass is 9.94. The second kappa shape index (κ2) is 6.74. The Morgan fingerprint density at radius 3 is 2.85 bits per heavy atom. The fourth-order valence-electron chi connectivity index (χ4n) is 2.39. The van der Waals surface area contributed by atoms with Crippen LogP contribution in [0.2, 0.25) is 0 Å². The molecule has 1 aromatic carbocycles. The summed E-state index contributed by atoms with van der Waals surface area (Å²) >= 11 is 0. The van der Waals surface area contributed by atoms with E-state index in [0.29, 0.717) is 12.2 Å². The van der Waals surface area contributed by atoms with Crippen molar-refractivity contribution in [1.29, 1.82) is 5.26 Å². The van der Waals surface area contributed by atoms with Crippen LogP contribution in [-0.2, 0) is 0 Å². The van der Waals surface area contributed by atoms with Crippen LogP contribution < -0.4 is 4.74 Å². The van der Waals surface area contributed by atoms with Crippen LogP contribution in [0.25, 0.3) is 0 Å². The van der Waals surface area contributed by atoms with Crippen molar-refractivity contribution < 1.29 is 9.84 Å². The third kappa shape index (κ3) is 4.52. The fraction of sp³-hybridized carbons (Fsp3) is 0.562. The molecule has 4 nitrogen and oxygen atoms in total. The molecule has 0 unspecified atom stereocenters. The van der Waals surface area contributed by atoms with Crippen molar-refractivity contribution >= 4 is 0 Å². The van der Waals surface area contributed by atoms with Gasteiger partial charge in [0.1, 0.15) is 5.75 Å². The van der Waals surface area contributed by atoms with Crippen LogP contribution in [0, 0.1) is 11.3 Å². The van der Waals surface area contributed by atoms with Crippen LogP contribution in [0.3, 0.4) is 0 Å². The van der Waals surface area contributed by atoms with Crippen molar-refractivity contribution in [2.75, 3.05) is 26.2 Å². The first kappa shape index (κ1) is 14.8. The summed E-state index contributed by atoms with van der Waals surface area (Å²) < 4.78 is 5.65. The Labute approximate surface area is 120 Å². The third-order valence-corrected chi connectivity index (χ3v) is 3.78. The molecule has 1 fully saturated rings. The van der Waals surface area contributed by atoms with Gasteiger partial charge in [-0.15, -0.1) is 0 Å². The highest BCUT2D eigenvalue weighted by atomic mass is 16.5.